The van der Waals surface area contributed by atoms with E-state index in [-0.39, 0.29) is 5.92 Å². The van der Waals surface area contributed by atoms with E-state index in [1.165, 1.54) is 17.5 Å². The van der Waals surface area contributed by atoms with E-state index in [0.29, 0.717) is 11.9 Å². The molecule has 2 aromatic carbocycles. The van der Waals surface area contributed by atoms with Crippen LogP contribution in [0.15, 0.2) is 52.9 Å². The third-order valence-corrected chi connectivity index (χ3v) is 7.29. The van der Waals surface area contributed by atoms with Gasteiger partial charge in [-0.2, -0.15) is 4.98 Å². The van der Waals surface area contributed by atoms with Crippen molar-refractivity contribution in [3.05, 3.63) is 59.7 Å². The zero-order chi connectivity index (χ0) is 21.9. The molecule has 2 aliphatic heterocycles. The van der Waals surface area contributed by atoms with Gasteiger partial charge in [0.05, 0.1) is 0 Å². The fourth-order valence-electron chi connectivity index (χ4n) is 5.14. The Balaban J connectivity index is 1.08. The minimum atomic E-state index is 0.139. The third-order valence-electron chi connectivity index (χ3n) is 7.29. The van der Waals surface area contributed by atoms with Gasteiger partial charge in [-0.25, -0.2) is 0 Å². The average Bonchev–Trinajstić information content (AvgIpc) is 3.28. The largest absolute Gasteiger partial charge is 0.423 e. The van der Waals surface area contributed by atoms with Gasteiger partial charge in [-0.05, 0) is 69.1 Å². The van der Waals surface area contributed by atoms with E-state index >= 15 is 0 Å². The number of oxazole rings is 1. The molecule has 2 saturated heterocycles. The molecule has 5 heteroatoms. The Morgan fingerprint density at radius 1 is 0.969 bits per heavy atom. The Morgan fingerprint density at radius 2 is 1.69 bits per heavy atom. The maximum atomic E-state index is 13.1. The van der Waals surface area contributed by atoms with E-state index in [1.54, 1.807) is 0 Å². The molecule has 0 aliphatic carbocycles. The summed E-state index contributed by atoms with van der Waals surface area (Å²) in [7, 11) is 0. The van der Waals surface area contributed by atoms with Crippen molar-refractivity contribution in [2.45, 2.75) is 45.4 Å². The van der Waals surface area contributed by atoms with E-state index in [9.17, 15) is 4.79 Å². The van der Waals surface area contributed by atoms with E-state index in [1.807, 2.05) is 24.3 Å². The number of amides is 1. The number of para-hydroxylation sites is 2. The Hall–Kier alpha value is -2.82. The van der Waals surface area contributed by atoms with Crippen molar-refractivity contribution < 1.29 is 9.21 Å². The molecule has 0 atom stereocenters. The lowest BCUT2D eigenvalue weighted by atomic mass is 9.89. The van der Waals surface area contributed by atoms with E-state index in [2.05, 4.69) is 46.0 Å². The van der Waals surface area contributed by atoms with E-state index in [4.69, 9.17) is 4.42 Å². The number of hydrogen-bond donors (Lipinski definition) is 0. The number of benzene rings is 2. The highest BCUT2D eigenvalue weighted by Crippen LogP contribution is 2.29. The second kappa shape index (κ2) is 9.35. The molecule has 32 heavy (non-hydrogen) atoms. The lowest BCUT2D eigenvalue weighted by Gasteiger charge is -2.37. The number of anilines is 1. The van der Waals surface area contributed by atoms with Crippen LogP contribution in [-0.4, -0.2) is 42.0 Å². The molecule has 0 spiro atoms. The van der Waals surface area contributed by atoms with Gasteiger partial charge in [0.2, 0.25) is 5.91 Å². The van der Waals surface area contributed by atoms with E-state index < -0.39 is 0 Å². The number of fused-ring (bicyclic) bond motifs is 1. The van der Waals surface area contributed by atoms with Gasteiger partial charge in [-0.15, -0.1) is 0 Å². The minimum Gasteiger partial charge on any atom is -0.423 e. The van der Waals surface area contributed by atoms with Gasteiger partial charge < -0.3 is 14.2 Å². The summed E-state index contributed by atoms with van der Waals surface area (Å²) in [6.45, 7) is 5.63. The molecule has 1 aromatic heterocycles. The molecule has 5 rings (SSSR count). The normalized spacial score (nSPS) is 18.4. The van der Waals surface area contributed by atoms with Gasteiger partial charge >= 0.3 is 0 Å². The molecule has 168 valence electrons. The van der Waals surface area contributed by atoms with Crippen LogP contribution in [0.2, 0.25) is 0 Å². The third kappa shape index (κ3) is 4.67. The monoisotopic (exact) mass is 431 g/mol. The van der Waals surface area contributed by atoms with Crippen molar-refractivity contribution in [3.8, 4) is 0 Å². The lowest BCUT2D eigenvalue weighted by molar-refractivity contribution is -0.137. The number of aryl methyl sites for hydroxylation is 2. The number of likely N-dealkylation sites (tertiary alicyclic amines) is 1. The minimum absolute atomic E-state index is 0.139. The summed E-state index contributed by atoms with van der Waals surface area (Å²) in [6, 6.07) is 17.5. The fourth-order valence-corrected chi connectivity index (χ4v) is 5.14. The number of rotatable bonds is 5. The van der Waals surface area contributed by atoms with Crippen LogP contribution in [0.3, 0.4) is 0 Å². The molecule has 0 radical (unpaired) electrons. The standard InChI is InChI=1S/C27H33N3O2/c1-20-6-8-21(9-7-20)10-11-22-12-16-29(17-13-22)26(31)23-14-18-30(19-15-23)27-28-24-4-2-3-5-25(24)32-27/h2-9,22-23H,10-19H2,1H3. The summed E-state index contributed by atoms with van der Waals surface area (Å²) in [6.07, 6.45) is 6.41. The number of hydrogen-bond acceptors (Lipinski definition) is 4. The zero-order valence-corrected chi connectivity index (χ0v) is 19.0. The lowest BCUT2D eigenvalue weighted by Crippen LogP contribution is -2.45. The summed E-state index contributed by atoms with van der Waals surface area (Å²) >= 11 is 0. The Bertz CT molecular complexity index is 1010. The van der Waals surface area contributed by atoms with Crippen LogP contribution in [0.25, 0.3) is 11.1 Å². The van der Waals surface area contributed by atoms with Crippen molar-refractivity contribution in [2.24, 2.45) is 11.8 Å². The molecule has 0 N–H and O–H groups in total. The average molecular weight is 432 g/mol. The first kappa shape index (κ1) is 21.0. The van der Waals surface area contributed by atoms with Gasteiger partial charge in [0.15, 0.2) is 5.58 Å². The van der Waals surface area contributed by atoms with Crippen LogP contribution >= 0.6 is 0 Å². The van der Waals surface area contributed by atoms with Gasteiger partial charge in [0.25, 0.3) is 6.01 Å². The zero-order valence-electron chi connectivity index (χ0n) is 19.0. The summed E-state index contributed by atoms with van der Waals surface area (Å²) in [5.74, 6) is 1.24. The topological polar surface area (TPSA) is 49.6 Å². The van der Waals surface area contributed by atoms with Crippen LogP contribution < -0.4 is 4.90 Å². The molecule has 2 aliphatic rings. The first-order chi connectivity index (χ1) is 15.7. The van der Waals surface area contributed by atoms with Gasteiger partial charge in [0.1, 0.15) is 5.52 Å². The summed E-state index contributed by atoms with van der Waals surface area (Å²) in [4.78, 5) is 22.0. The second-order valence-electron chi connectivity index (χ2n) is 9.52. The summed E-state index contributed by atoms with van der Waals surface area (Å²) < 4.78 is 5.91. The fraction of sp³-hybridized carbons (Fsp3) is 0.481. The number of nitrogens with zero attached hydrogens (tertiary/aromatic N) is 3. The highest BCUT2D eigenvalue weighted by molar-refractivity contribution is 5.79. The smallest absolute Gasteiger partial charge is 0.298 e. The van der Waals surface area contributed by atoms with Crippen molar-refractivity contribution in [1.82, 2.24) is 9.88 Å². The predicted octanol–water partition coefficient (Wildman–Crippen LogP) is 5.22. The molecule has 0 unspecified atom stereocenters. The Morgan fingerprint density at radius 3 is 2.41 bits per heavy atom. The molecule has 2 fully saturated rings. The van der Waals surface area contributed by atoms with Crippen molar-refractivity contribution >= 4 is 23.0 Å². The van der Waals surface area contributed by atoms with Gasteiger partial charge in [0, 0.05) is 32.1 Å². The van der Waals surface area contributed by atoms with Crippen LogP contribution in [0, 0.1) is 18.8 Å². The number of carbonyl (C=O) groups excluding carboxylic acids is 1. The quantitative estimate of drug-likeness (QED) is 0.555. The van der Waals surface area contributed by atoms with Crippen molar-refractivity contribution in [1.29, 1.82) is 0 Å². The molecule has 3 aromatic rings. The molecule has 1 amide bonds. The second-order valence-corrected chi connectivity index (χ2v) is 9.52. The summed E-state index contributed by atoms with van der Waals surface area (Å²) in [5.41, 5.74) is 4.47. The Labute approximate surface area is 190 Å². The molecular formula is C27H33N3O2. The SMILES string of the molecule is Cc1ccc(CCC2CCN(C(=O)C3CCN(c4nc5ccccc5o4)CC3)CC2)cc1. The summed E-state index contributed by atoms with van der Waals surface area (Å²) in [5, 5.41) is 0. The molecular weight excluding hydrogens is 398 g/mol. The highest BCUT2D eigenvalue weighted by atomic mass is 16.4. The van der Waals surface area contributed by atoms with Crippen molar-refractivity contribution in [3.63, 3.8) is 0 Å². The van der Waals surface area contributed by atoms with E-state index in [0.717, 1.165) is 75.3 Å². The maximum Gasteiger partial charge on any atom is 0.298 e. The first-order valence-electron chi connectivity index (χ1n) is 12.1. The van der Waals surface area contributed by atoms with Crippen molar-refractivity contribution in [2.75, 3.05) is 31.1 Å². The Kier molecular flexibility index (Phi) is 6.15. The van der Waals surface area contributed by atoms with Crippen LogP contribution in [0.5, 0.6) is 0 Å². The number of carbonyl (C=O) groups is 1. The molecule has 0 bridgehead atoms. The molecule has 0 saturated carbocycles. The molecule has 3 heterocycles. The maximum absolute atomic E-state index is 13.1. The number of aromatic nitrogens is 1. The van der Waals surface area contributed by atoms with Gasteiger partial charge in [-0.3, -0.25) is 4.79 Å². The van der Waals surface area contributed by atoms with Crippen LogP contribution in [0.4, 0.5) is 6.01 Å². The van der Waals surface area contributed by atoms with Crippen LogP contribution in [0.1, 0.15) is 43.2 Å². The van der Waals surface area contributed by atoms with Crippen LogP contribution in [-0.2, 0) is 11.2 Å². The van der Waals surface area contributed by atoms with Gasteiger partial charge in [-0.1, -0.05) is 42.0 Å². The molecule has 5 nitrogen and oxygen atoms in total. The number of piperidine rings is 2. The highest BCUT2D eigenvalue weighted by Gasteiger charge is 2.32. The predicted molar refractivity (Wildman–Crippen MR) is 128 cm³/mol. The first-order valence-corrected chi connectivity index (χ1v) is 12.1.